The lowest BCUT2D eigenvalue weighted by Gasteiger charge is -2.09. The van der Waals surface area contributed by atoms with Gasteiger partial charge in [0.25, 0.3) is 10.1 Å². The Morgan fingerprint density at radius 1 is 1.35 bits per heavy atom. The Morgan fingerprint density at radius 3 is 2.65 bits per heavy atom. The fourth-order valence-electron chi connectivity index (χ4n) is 1.82. The second kappa shape index (κ2) is 5.16. The van der Waals surface area contributed by atoms with Crippen molar-refractivity contribution in [2.24, 2.45) is 5.92 Å². The van der Waals surface area contributed by atoms with Crippen molar-refractivity contribution < 1.29 is 12.6 Å². The molecule has 0 spiro atoms. The highest BCUT2D eigenvalue weighted by molar-refractivity contribution is 7.86. The third-order valence-electron chi connectivity index (χ3n) is 2.93. The molecule has 4 nitrogen and oxygen atoms in total. The summed E-state index contributed by atoms with van der Waals surface area (Å²) in [4.78, 5) is 0.231. The summed E-state index contributed by atoms with van der Waals surface area (Å²) in [6, 6.07) is 6.70. The predicted octanol–water partition coefficient (Wildman–Crippen LogP) is 1.31. The summed E-state index contributed by atoms with van der Waals surface area (Å²) in [5, 5.41) is 3.18. The van der Waals surface area contributed by atoms with Gasteiger partial charge in [-0.2, -0.15) is 8.42 Å². The molecule has 1 aliphatic heterocycles. The molecule has 1 fully saturated rings. The average Bonchev–Trinajstić information content (AvgIpc) is 2.80. The Kier molecular flexibility index (Phi) is 3.81. The van der Waals surface area contributed by atoms with Crippen molar-refractivity contribution in [3.63, 3.8) is 0 Å². The maximum atomic E-state index is 11.9. The summed E-state index contributed by atoms with van der Waals surface area (Å²) in [6.07, 6.45) is 0.976. The molecule has 0 aliphatic carbocycles. The van der Waals surface area contributed by atoms with Gasteiger partial charge in [-0.05, 0) is 37.9 Å². The second-order valence-electron chi connectivity index (χ2n) is 4.41. The summed E-state index contributed by atoms with van der Waals surface area (Å²) in [5.74, 6) is 0.301. The first-order chi connectivity index (χ1) is 8.08. The number of aryl methyl sites for hydroxylation is 1. The van der Waals surface area contributed by atoms with Crippen LogP contribution in [0.1, 0.15) is 12.0 Å². The smallest absolute Gasteiger partial charge is 0.296 e. The van der Waals surface area contributed by atoms with E-state index >= 15 is 0 Å². The Bertz CT molecular complexity index is 461. The normalized spacial score (nSPS) is 20.6. The van der Waals surface area contributed by atoms with Gasteiger partial charge in [-0.15, -0.1) is 0 Å². The van der Waals surface area contributed by atoms with Crippen LogP contribution in [0.4, 0.5) is 0 Å². The monoisotopic (exact) mass is 255 g/mol. The maximum absolute atomic E-state index is 11.9. The van der Waals surface area contributed by atoms with Crippen molar-refractivity contribution in [1.82, 2.24) is 5.32 Å². The van der Waals surface area contributed by atoms with Crippen LogP contribution < -0.4 is 5.32 Å². The number of benzene rings is 1. The minimum absolute atomic E-state index is 0.231. The second-order valence-corrected chi connectivity index (χ2v) is 6.03. The van der Waals surface area contributed by atoms with Crippen LogP contribution in [0, 0.1) is 12.8 Å². The van der Waals surface area contributed by atoms with Gasteiger partial charge in [-0.3, -0.25) is 4.18 Å². The molecule has 1 aromatic rings. The van der Waals surface area contributed by atoms with Gasteiger partial charge >= 0.3 is 0 Å². The summed E-state index contributed by atoms with van der Waals surface area (Å²) in [7, 11) is -3.59. The molecule has 1 aliphatic rings. The molecular weight excluding hydrogens is 238 g/mol. The lowest BCUT2D eigenvalue weighted by molar-refractivity contribution is 0.264. The molecule has 2 rings (SSSR count). The maximum Gasteiger partial charge on any atom is 0.296 e. The van der Waals surface area contributed by atoms with Crippen LogP contribution in [0.3, 0.4) is 0 Å². The van der Waals surface area contributed by atoms with E-state index in [2.05, 4.69) is 5.32 Å². The van der Waals surface area contributed by atoms with Crippen LogP contribution in [0.15, 0.2) is 29.2 Å². The summed E-state index contributed by atoms with van der Waals surface area (Å²) < 4.78 is 28.8. The molecule has 1 saturated heterocycles. The van der Waals surface area contributed by atoms with Crippen molar-refractivity contribution in [2.75, 3.05) is 19.7 Å². The first kappa shape index (κ1) is 12.5. The van der Waals surface area contributed by atoms with Crippen LogP contribution in [0.25, 0.3) is 0 Å². The van der Waals surface area contributed by atoms with E-state index in [1.807, 2.05) is 6.92 Å². The highest BCUT2D eigenvalue weighted by atomic mass is 32.2. The third kappa shape index (κ3) is 3.28. The molecule has 1 atom stereocenters. The number of nitrogens with one attached hydrogen (secondary N) is 1. The number of hydrogen-bond donors (Lipinski definition) is 1. The van der Waals surface area contributed by atoms with Crippen molar-refractivity contribution in [2.45, 2.75) is 18.2 Å². The highest BCUT2D eigenvalue weighted by Crippen LogP contribution is 2.16. The lowest BCUT2D eigenvalue weighted by Crippen LogP contribution is -2.17. The molecule has 0 aromatic heterocycles. The van der Waals surface area contributed by atoms with Gasteiger partial charge in [0.15, 0.2) is 0 Å². The molecule has 0 bridgehead atoms. The van der Waals surface area contributed by atoms with E-state index in [1.165, 1.54) is 0 Å². The molecule has 5 heteroatoms. The molecule has 1 aromatic carbocycles. The van der Waals surface area contributed by atoms with Gasteiger partial charge in [0.05, 0.1) is 11.5 Å². The number of rotatable bonds is 4. The van der Waals surface area contributed by atoms with E-state index in [0.717, 1.165) is 25.1 Å². The standard InChI is InChI=1S/C12H17NO3S/c1-10-2-4-12(5-3-10)17(14,15)16-9-11-6-7-13-8-11/h2-5,11,13H,6-9H2,1H3/t11-/m0/s1. The van der Waals surface area contributed by atoms with Crippen LogP contribution >= 0.6 is 0 Å². The zero-order valence-electron chi connectivity index (χ0n) is 9.85. The average molecular weight is 255 g/mol. The molecule has 94 valence electrons. The van der Waals surface area contributed by atoms with Crippen LogP contribution in [-0.4, -0.2) is 28.1 Å². The van der Waals surface area contributed by atoms with E-state index in [-0.39, 0.29) is 11.5 Å². The molecule has 0 amide bonds. The highest BCUT2D eigenvalue weighted by Gasteiger charge is 2.20. The van der Waals surface area contributed by atoms with Gasteiger partial charge in [0.1, 0.15) is 0 Å². The van der Waals surface area contributed by atoms with Gasteiger partial charge in [-0.1, -0.05) is 17.7 Å². The fourth-order valence-corrected chi connectivity index (χ4v) is 2.79. The first-order valence-corrected chi connectivity index (χ1v) is 7.15. The van der Waals surface area contributed by atoms with Gasteiger partial charge in [0, 0.05) is 6.54 Å². The van der Waals surface area contributed by atoms with Gasteiger partial charge in [0.2, 0.25) is 0 Å². The predicted molar refractivity (Wildman–Crippen MR) is 65.3 cm³/mol. The summed E-state index contributed by atoms with van der Waals surface area (Å²) >= 11 is 0. The summed E-state index contributed by atoms with van der Waals surface area (Å²) in [6.45, 7) is 3.96. The topological polar surface area (TPSA) is 55.4 Å². The largest absolute Gasteiger partial charge is 0.316 e. The zero-order chi connectivity index (χ0) is 12.3. The van der Waals surface area contributed by atoms with E-state index in [4.69, 9.17) is 4.18 Å². The summed E-state index contributed by atoms with van der Waals surface area (Å²) in [5.41, 5.74) is 1.03. The van der Waals surface area contributed by atoms with Crippen molar-refractivity contribution in [3.05, 3.63) is 29.8 Å². The van der Waals surface area contributed by atoms with Gasteiger partial charge < -0.3 is 5.32 Å². The minimum Gasteiger partial charge on any atom is -0.316 e. The first-order valence-electron chi connectivity index (χ1n) is 5.75. The van der Waals surface area contributed by atoms with E-state index < -0.39 is 10.1 Å². The molecular formula is C12H17NO3S. The van der Waals surface area contributed by atoms with Crippen molar-refractivity contribution >= 4 is 10.1 Å². The molecule has 17 heavy (non-hydrogen) atoms. The van der Waals surface area contributed by atoms with Crippen LogP contribution in [-0.2, 0) is 14.3 Å². The van der Waals surface area contributed by atoms with Gasteiger partial charge in [-0.25, -0.2) is 0 Å². The van der Waals surface area contributed by atoms with Crippen LogP contribution in [0.5, 0.6) is 0 Å². The molecule has 0 unspecified atom stereocenters. The van der Waals surface area contributed by atoms with E-state index in [1.54, 1.807) is 24.3 Å². The Labute approximate surface area is 102 Å². The number of hydrogen-bond acceptors (Lipinski definition) is 4. The van der Waals surface area contributed by atoms with Crippen molar-refractivity contribution in [1.29, 1.82) is 0 Å². The zero-order valence-corrected chi connectivity index (χ0v) is 10.7. The Hall–Kier alpha value is -0.910. The Morgan fingerprint density at radius 2 is 2.06 bits per heavy atom. The lowest BCUT2D eigenvalue weighted by atomic mass is 10.1. The molecule has 1 N–H and O–H groups in total. The quantitative estimate of drug-likeness (QED) is 0.824. The fraction of sp³-hybridized carbons (Fsp3) is 0.500. The minimum atomic E-state index is -3.59. The van der Waals surface area contributed by atoms with Crippen LogP contribution in [0.2, 0.25) is 0 Å². The van der Waals surface area contributed by atoms with E-state index in [0.29, 0.717) is 5.92 Å². The SMILES string of the molecule is Cc1ccc(S(=O)(=O)OC[C@H]2CCNC2)cc1. The molecule has 0 saturated carbocycles. The van der Waals surface area contributed by atoms with E-state index in [9.17, 15) is 8.42 Å². The van der Waals surface area contributed by atoms with Crippen molar-refractivity contribution in [3.8, 4) is 0 Å². The third-order valence-corrected chi connectivity index (χ3v) is 4.23. The molecule has 1 heterocycles. The Balaban J connectivity index is 2.00. The molecule has 0 radical (unpaired) electrons.